The lowest BCUT2D eigenvalue weighted by Gasteiger charge is -2.31. The molecular formula is C15H26N2S. The number of rotatable bonds is 2. The van der Waals surface area contributed by atoms with Crippen LogP contribution in [0.2, 0.25) is 0 Å². The van der Waals surface area contributed by atoms with E-state index in [1.165, 1.54) is 55.9 Å². The lowest BCUT2D eigenvalue weighted by atomic mass is 9.89. The summed E-state index contributed by atoms with van der Waals surface area (Å²) in [5.41, 5.74) is 0.581. The van der Waals surface area contributed by atoms with Crippen molar-refractivity contribution in [2.24, 2.45) is 22.2 Å². The summed E-state index contributed by atoms with van der Waals surface area (Å²) in [6.07, 6.45) is 9.94. The fourth-order valence-electron chi connectivity index (χ4n) is 3.83. The van der Waals surface area contributed by atoms with Gasteiger partial charge in [-0.3, -0.25) is 4.99 Å². The molecule has 1 aliphatic heterocycles. The van der Waals surface area contributed by atoms with Crippen LogP contribution in [0.5, 0.6) is 0 Å². The van der Waals surface area contributed by atoms with Gasteiger partial charge in [0.25, 0.3) is 0 Å². The van der Waals surface area contributed by atoms with Crippen LogP contribution in [0.15, 0.2) is 4.99 Å². The van der Waals surface area contributed by atoms with Gasteiger partial charge in [-0.15, -0.1) is 0 Å². The summed E-state index contributed by atoms with van der Waals surface area (Å²) in [6, 6.07) is 0. The number of thioether (sulfide) groups is 1. The Hall–Kier alpha value is -0.180. The summed E-state index contributed by atoms with van der Waals surface area (Å²) in [4.78, 5) is 4.81. The minimum absolute atomic E-state index is 0.581. The smallest absolute Gasteiger partial charge is 0.156 e. The van der Waals surface area contributed by atoms with Crippen molar-refractivity contribution in [3.05, 3.63) is 0 Å². The fraction of sp³-hybridized carbons (Fsp3) is 0.933. The molecule has 0 aromatic heterocycles. The Morgan fingerprint density at radius 1 is 1.33 bits per heavy atom. The van der Waals surface area contributed by atoms with Crippen molar-refractivity contribution in [2.45, 2.75) is 51.9 Å². The molecule has 2 saturated carbocycles. The summed E-state index contributed by atoms with van der Waals surface area (Å²) >= 11 is 1.98. The van der Waals surface area contributed by atoms with Crippen molar-refractivity contribution in [1.29, 1.82) is 0 Å². The van der Waals surface area contributed by atoms with E-state index in [0.717, 1.165) is 24.9 Å². The quantitative estimate of drug-likeness (QED) is 0.824. The second kappa shape index (κ2) is 5.44. The fourth-order valence-corrected chi connectivity index (χ4v) is 4.99. The number of hydrogen-bond donors (Lipinski definition) is 1. The van der Waals surface area contributed by atoms with E-state index in [9.17, 15) is 0 Å². The minimum Gasteiger partial charge on any atom is -0.365 e. The lowest BCUT2D eigenvalue weighted by Crippen LogP contribution is -2.35. The van der Waals surface area contributed by atoms with Crippen LogP contribution in [-0.4, -0.2) is 24.0 Å². The molecule has 0 bridgehead atoms. The van der Waals surface area contributed by atoms with Gasteiger partial charge in [-0.2, -0.15) is 0 Å². The molecule has 0 saturated heterocycles. The van der Waals surface area contributed by atoms with Crippen molar-refractivity contribution in [2.75, 3.05) is 18.8 Å². The van der Waals surface area contributed by atoms with Crippen LogP contribution in [-0.2, 0) is 0 Å². The van der Waals surface area contributed by atoms with Crippen molar-refractivity contribution >= 4 is 16.9 Å². The molecule has 2 unspecified atom stereocenters. The first kappa shape index (κ1) is 12.8. The number of aliphatic imine (C=N–C) groups is 1. The third-order valence-corrected chi connectivity index (χ3v) is 6.39. The highest BCUT2D eigenvalue weighted by molar-refractivity contribution is 8.13. The van der Waals surface area contributed by atoms with E-state index < -0.39 is 0 Å². The molecule has 0 aromatic carbocycles. The van der Waals surface area contributed by atoms with E-state index in [1.807, 2.05) is 11.8 Å². The van der Waals surface area contributed by atoms with Crippen LogP contribution < -0.4 is 5.32 Å². The highest BCUT2D eigenvalue weighted by Gasteiger charge is 2.36. The van der Waals surface area contributed by atoms with Crippen molar-refractivity contribution in [1.82, 2.24) is 5.32 Å². The molecule has 0 radical (unpaired) electrons. The average Bonchev–Trinajstić information content (AvgIpc) is 2.99. The summed E-state index contributed by atoms with van der Waals surface area (Å²) < 4.78 is 0. The van der Waals surface area contributed by atoms with Crippen LogP contribution in [0.3, 0.4) is 0 Å². The first-order valence-electron chi connectivity index (χ1n) is 7.67. The van der Waals surface area contributed by atoms with Gasteiger partial charge in [0.1, 0.15) is 0 Å². The maximum Gasteiger partial charge on any atom is 0.156 e. The van der Waals surface area contributed by atoms with Gasteiger partial charge in [0.2, 0.25) is 0 Å². The Kier molecular flexibility index (Phi) is 3.88. The third kappa shape index (κ3) is 2.87. The molecule has 2 fully saturated rings. The molecule has 0 amide bonds. The van der Waals surface area contributed by atoms with Gasteiger partial charge in [0.15, 0.2) is 5.17 Å². The molecule has 1 N–H and O–H groups in total. The maximum absolute atomic E-state index is 4.81. The van der Waals surface area contributed by atoms with E-state index in [4.69, 9.17) is 4.99 Å². The predicted octanol–water partition coefficient (Wildman–Crippen LogP) is 3.68. The molecule has 18 heavy (non-hydrogen) atoms. The summed E-state index contributed by atoms with van der Waals surface area (Å²) in [5, 5.41) is 4.83. The molecule has 3 heteroatoms. The summed E-state index contributed by atoms with van der Waals surface area (Å²) in [6.45, 7) is 4.63. The molecule has 0 aromatic rings. The first-order chi connectivity index (χ1) is 8.76. The number of nitrogens with zero attached hydrogens (tertiary/aromatic N) is 1. The Bertz CT molecular complexity index is 320. The topological polar surface area (TPSA) is 24.4 Å². The number of hydrogen-bond acceptors (Lipinski definition) is 3. The normalized spacial score (nSPS) is 34.8. The van der Waals surface area contributed by atoms with E-state index in [-0.39, 0.29) is 0 Å². The summed E-state index contributed by atoms with van der Waals surface area (Å²) in [7, 11) is 0. The number of amidine groups is 1. The molecule has 1 spiro atoms. The van der Waals surface area contributed by atoms with Crippen LogP contribution in [0.4, 0.5) is 0 Å². The molecule has 102 valence electrons. The first-order valence-corrected chi connectivity index (χ1v) is 8.65. The Balaban J connectivity index is 1.45. The van der Waals surface area contributed by atoms with Gasteiger partial charge in [0, 0.05) is 18.8 Å². The molecule has 2 atom stereocenters. The summed E-state index contributed by atoms with van der Waals surface area (Å²) in [5.74, 6) is 3.14. The second-order valence-electron chi connectivity index (χ2n) is 6.78. The van der Waals surface area contributed by atoms with E-state index in [2.05, 4.69) is 12.2 Å². The zero-order chi connectivity index (χ0) is 12.4. The van der Waals surface area contributed by atoms with E-state index >= 15 is 0 Å². The number of nitrogens with one attached hydrogen (secondary N) is 1. The van der Waals surface area contributed by atoms with Crippen molar-refractivity contribution in [3.63, 3.8) is 0 Å². The van der Waals surface area contributed by atoms with Gasteiger partial charge in [-0.05, 0) is 42.9 Å². The van der Waals surface area contributed by atoms with E-state index in [0.29, 0.717) is 5.41 Å². The van der Waals surface area contributed by atoms with Gasteiger partial charge in [0.05, 0.1) is 0 Å². The Morgan fingerprint density at radius 2 is 2.17 bits per heavy atom. The second-order valence-corrected chi connectivity index (χ2v) is 7.75. The molecule has 3 aliphatic rings. The highest BCUT2D eigenvalue weighted by atomic mass is 32.2. The average molecular weight is 266 g/mol. The molecule has 1 heterocycles. The van der Waals surface area contributed by atoms with Crippen LogP contribution in [0, 0.1) is 17.3 Å². The minimum atomic E-state index is 0.581. The Morgan fingerprint density at radius 3 is 2.78 bits per heavy atom. The van der Waals surface area contributed by atoms with Crippen LogP contribution in [0.1, 0.15) is 51.9 Å². The zero-order valence-electron chi connectivity index (χ0n) is 11.6. The van der Waals surface area contributed by atoms with Gasteiger partial charge < -0.3 is 5.32 Å². The van der Waals surface area contributed by atoms with Gasteiger partial charge >= 0.3 is 0 Å². The standard InChI is InChI=1S/C15H26N2S/c1-12-4-5-13(8-12)9-16-14-17-10-15(11-18-14)6-2-3-7-15/h12-13H,2-11H2,1H3,(H,16,17). The maximum atomic E-state index is 4.81. The van der Waals surface area contributed by atoms with Crippen molar-refractivity contribution in [3.8, 4) is 0 Å². The van der Waals surface area contributed by atoms with Gasteiger partial charge in [-0.1, -0.05) is 37.9 Å². The zero-order valence-corrected chi connectivity index (χ0v) is 12.4. The highest BCUT2D eigenvalue weighted by Crippen LogP contribution is 2.43. The molecular weight excluding hydrogens is 240 g/mol. The SMILES string of the molecule is CC1CCC(CNC2=NCC3(CCCC3)CS2)C1. The van der Waals surface area contributed by atoms with E-state index in [1.54, 1.807) is 0 Å². The largest absolute Gasteiger partial charge is 0.365 e. The molecule has 2 aliphatic carbocycles. The monoisotopic (exact) mass is 266 g/mol. The van der Waals surface area contributed by atoms with Crippen LogP contribution >= 0.6 is 11.8 Å². The predicted molar refractivity (Wildman–Crippen MR) is 80.2 cm³/mol. The Labute approximate surface area is 115 Å². The third-order valence-electron chi connectivity index (χ3n) is 5.08. The lowest BCUT2D eigenvalue weighted by molar-refractivity contribution is 0.358. The molecule has 3 rings (SSSR count). The van der Waals surface area contributed by atoms with Gasteiger partial charge in [-0.25, -0.2) is 0 Å². The molecule has 2 nitrogen and oxygen atoms in total. The van der Waals surface area contributed by atoms with Crippen molar-refractivity contribution < 1.29 is 0 Å². The van der Waals surface area contributed by atoms with Crippen LogP contribution in [0.25, 0.3) is 0 Å².